The number of halogens is 1. The third-order valence-electron chi connectivity index (χ3n) is 4.59. The Kier molecular flexibility index (Phi) is 6.38. The van der Waals surface area contributed by atoms with Crippen LogP contribution in [0.15, 0.2) is 18.2 Å². The Hall–Kier alpha value is -0.730. The maximum atomic E-state index is 6.41. The van der Waals surface area contributed by atoms with E-state index in [4.69, 9.17) is 16.3 Å². The van der Waals surface area contributed by atoms with Crippen LogP contribution in [0.5, 0.6) is 5.75 Å². The van der Waals surface area contributed by atoms with Gasteiger partial charge in [-0.2, -0.15) is 0 Å². The molecule has 118 valence electrons. The summed E-state index contributed by atoms with van der Waals surface area (Å²) in [4.78, 5) is 0. The minimum atomic E-state index is 0.257. The normalized spacial score (nSPS) is 23.8. The number of ether oxygens (including phenoxy) is 1. The summed E-state index contributed by atoms with van der Waals surface area (Å²) in [6, 6.07) is 6.26. The molecule has 3 unspecified atom stereocenters. The summed E-state index contributed by atoms with van der Waals surface area (Å²) in [5.41, 5.74) is 1.17. The molecule has 3 heteroatoms. The molecule has 1 aliphatic rings. The monoisotopic (exact) mass is 309 g/mol. The van der Waals surface area contributed by atoms with Crippen LogP contribution >= 0.6 is 11.6 Å². The second kappa shape index (κ2) is 8.05. The van der Waals surface area contributed by atoms with Gasteiger partial charge in [0.2, 0.25) is 0 Å². The van der Waals surface area contributed by atoms with Crippen molar-refractivity contribution in [3.8, 4) is 5.75 Å². The van der Waals surface area contributed by atoms with Crippen molar-refractivity contribution >= 4 is 11.6 Å². The van der Waals surface area contributed by atoms with E-state index in [1.807, 2.05) is 18.2 Å². The molecule has 0 radical (unpaired) electrons. The van der Waals surface area contributed by atoms with Crippen LogP contribution in [0, 0.1) is 5.92 Å². The summed E-state index contributed by atoms with van der Waals surface area (Å²) in [6.07, 6.45) is 6.67. The molecule has 21 heavy (non-hydrogen) atoms. The average molecular weight is 310 g/mol. The van der Waals surface area contributed by atoms with Crippen LogP contribution in [0.4, 0.5) is 0 Å². The summed E-state index contributed by atoms with van der Waals surface area (Å²) in [5, 5.41) is 4.23. The highest BCUT2D eigenvalue weighted by Crippen LogP contribution is 2.34. The maximum absolute atomic E-state index is 6.41. The molecule has 0 heterocycles. The van der Waals surface area contributed by atoms with Gasteiger partial charge in [-0.25, -0.2) is 0 Å². The molecule has 1 N–H and O–H groups in total. The first kappa shape index (κ1) is 16.6. The average Bonchev–Trinajstić information content (AvgIpc) is 2.49. The van der Waals surface area contributed by atoms with Crippen LogP contribution < -0.4 is 10.1 Å². The molecule has 2 nitrogen and oxygen atoms in total. The molecular formula is C18H28ClNO. The number of hydrogen-bond acceptors (Lipinski definition) is 2. The molecule has 0 amide bonds. The predicted octanol–water partition coefficient (Wildman–Crippen LogP) is 5.36. The van der Waals surface area contributed by atoms with E-state index in [1.165, 1.54) is 37.7 Å². The Morgan fingerprint density at radius 2 is 2.05 bits per heavy atom. The van der Waals surface area contributed by atoms with E-state index in [9.17, 15) is 0 Å². The largest absolute Gasteiger partial charge is 0.490 e. The quantitative estimate of drug-likeness (QED) is 0.764. The minimum Gasteiger partial charge on any atom is -0.490 e. The number of hydrogen-bond donors (Lipinski definition) is 1. The Bertz CT molecular complexity index is 449. The van der Waals surface area contributed by atoms with Crippen LogP contribution in [-0.2, 0) is 0 Å². The maximum Gasteiger partial charge on any atom is 0.124 e. The van der Waals surface area contributed by atoms with E-state index >= 15 is 0 Å². The zero-order valence-corrected chi connectivity index (χ0v) is 14.2. The molecule has 1 aromatic carbocycles. The zero-order chi connectivity index (χ0) is 15.2. The molecule has 3 atom stereocenters. The van der Waals surface area contributed by atoms with E-state index in [0.29, 0.717) is 12.0 Å². The number of rotatable bonds is 6. The lowest BCUT2D eigenvalue weighted by molar-refractivity contribution is 0.0889. The van der Waals surface area contributed by atoms with E-state index in [1.54, 1.807) is 0 Å². The Morgan fingerprint density at radius 1 is 1.29 bits per heavy atom. The van der Waals surface area contributed by atoms with Gasteiger partial charge in [-0.15, -0.1) is 0 Å². The highest BCUT2D eigenvalue weighted by molar-refractivity contribution is 6.30. The lowest BCUT2D eigenvalue weighted by Crippen LogP contribution is -2.30. The summed E-state index contributed by atoms with van der Waals surface area (Å²) < 4.78 is 6.41. The fourth-order valence-corrected chi connectivity index (χ4v) is 3.52. The molecule has 0 spiro atoms. The van der Waals surface area contributed by atoms with Crippen molar-refractivity contribution in [1.29, 1.82) is 0 Å². The van der Waals surface area contributed by atoms with Crippen LogP contribution in [0.3, 0.4) is 0 Å². The fraction of sp³-hybridized carbons (Fsp3) is 0.667. The number of benzene rings is 1. The van der Waals surface area contributed by atoms with Crippen LogP contribution in [-0.4, -0.2) is 12.6 Å². The van der Waals surface area contributed by atoms with Gasteiger partial charge in [-0.1, -0.05) is 31.9 Å². The molecule has 1 fully saturated rings. The first-order chi connectivity index (χ1) is 10.2. The summed E-state index contributed by atoms with van der Waals surface area (Å²) in [7, 11) is 0. The summed E-state index contributed by atoms with van der Waals surface area (Å²) in [5.74, 6) is 1.69. The van der Waals surface area contributed by atoms with E-state index in [0.717, 1.165) is 17.3 Å². The topological polar surface area (TPSA) is 21.3 Å². The van der Waals surface area contributed by atoms with Gasteiger partial charge in [0.25, 0.3) is 0 Å². The highest BCUT2D eigenvalue weighted by atomic mass is 35.5. The van der Waals surface area contributed by atoms with Crippen molar-refractivity contribution in [3.63, 3.8) is 0 Å². The van der Waals surface area contributed by atoms with E-state index in [2.05, 4.69) is 26.1 Å². The van der Waals surface area contributed by atoms with Crippen molar-refractivity contribution in [2.45, 2.75) is 65.0 Å². The van der Waals surface area contributed by atoms with Gasteiger partial charge in [0, 0.05) is 16.6 Å². The Morgan fingerprint density at radius 3 is 2.76 bits per heavy atom. The van der Waals surface area contributed by atoms with E-state index in [-0.39, 0.29) is 6.04 Å². The second-order valence-electron chi connectivity index (χ2n) is 6.07. The third-order valence-corrected chi connectivity index (χ3v) is 4.83. The molecule has 1 aromatic rings. The Balaban J connectivity index is 2.18. The van der Waals surface area contributed by atoms with Crippen LogP contribution in [0.25, 0.3) is 0 Å². The lowest BCUT2D eigenvalue weighted by Gasteiger charge is -2.32. The molecule has 0 bridgehead atoms. The smallest absolute Gasteiger partial charge is 0.124 e. The van der Waals surface area contributed by atoms with Gasteiger partial charge < -0.3 is 10.1 Å². The van der Waals surface area contributed by atoms with Crippen LogP contribution in [0.2, 0.25) is 5.02 Å². The minimum absolute atomic E-state index is 0.257. The second-order valence-corrected chi connectivity index (χ2v) is 6.51. The molecule has 0 aromatic heterocycles. The van der Waals surface area contributed by atoms with Gasteiger partial charge in [-0.05, 0) is 63.3 Å². The first-order valence-electron chi connectivity index (χ1n) is 8.35. The van der Waals surface area contributed by atoms with Crippen molar-refractivity contribution in [2.75, 3.05) is 6.54 Å². The molecule has 0 aliphatic heterocycles. The fourth-order valence-electron chi connectivity index (χ4n) is 3.34. The third kappa shape index (κ3) is 4.37. The molecule has 0 saturated heterocycles. The van der Waals surface area contributed by atoms with Gasteiger partial charge in [0.1, 0.15) is 11.9 Å². The van der Waals surface area contributed by atoms with Gasteiger partial charge in [0.05, 0.1) is 0 Å². The molecular weight excluding hydrogens is 282 g/mol. The van der Waals surface area contributed by atoms with Gasteiger partial charge >= 0.3 is 0 Å². The molecule has 2 rings (SSSR count). The van der Waals surface area contributed by atoms with Crippen molar-refractivity contribution in [2.24, 2.45) is 5.92 Å². The van der Waals surface area contributed by atoms with E-state index < -0.39 is 0 Å². The predicted molar refractivity (Wildman–Crippen MR) is 90.2 cm³/mol. The van der Waals surface area contributed by atoms with Gasteiger partial charge in [-0.3, -0.25) is 0 Å². The highest BCUT2D eigenvalue weighted by Gasteiger charge is 2.26. The molecule has 1 saturated carbocycles. The van der Waals surface area contributed by atoms with Crippen LogP contribution in [0.1, 0.15) is 64.5 Å². The SMILES string of the molecule is CCNC(C)c1cc(Cl)ccc1OC1CCCCC1CC. The van der Waals surface area contributed by atoms with Crippen molar-refractivity contribution < 1.29 is 4.74 Å². The summed E-state index contributed by atoms with van der Waals surface area (Å²) >= 11 is 6.18. The standard InChI is InChI=1S/C18H28ClNO/c1-4-14-8-6-7-9-17(14)21-18-11-10-15(19)12-16(18)13(3)20-5-2/h10-14,17,20H,4-9H2,1-3H3. The van der Waals surface area contributed by atoms with Gasteiger partial charge in [0.15, 0.2) is 0 Å². The molecule has 1 aliphatic carbocycles. The lowest BCUT2D eigenvalue weighted by atomic mass is 9.84. The van der Waals surface area contributed by atoms with Crippen molar-refractivity contribution in [1.82, 2.24) is 5.32 Å². The first-order valence-corrected chi connectivity index (χ1v) is 8.73. The number of nitrogens with one attached hydrogen (secondary N) is 1. The zero-order valence-electron chi connectivity index (χ0n) is 13.5. The summed E-state index contributed by atoms with van der Waals surface area (Å²) in [6.45, 7) is 7.50. The Labute approximate surface area is 134 Å². The van der Waals surface area contributed by atoms with Crippen molar-refractivity contribution in [3.05, 3.63) is 28.8 Å².